The molecule has 14 unspecified atom stereocenters. The number of hydrogen-bond acceptors (Lipinski definition) is 14. The van der Waals surface area contributed by atoms with E-state index in [9.17, 15) is 33.6 Å². The highest BCUT2D eigenvalue weighted by Crippen LogP contribution is 2.73. The van der Waals surface area contributed by atoms with E-state index in [-0.39, 0.29) is 124 Å². The zero-order valence-electron chi connectivity index (χ0n) is 89.7. The molecule has 16 rings (SSSR count). The molecular formula is C115H200O14. The van der Waals surface area contributed by atoms with Gasteiger partial charge in [-0.3, -0.25) is 33.6 Å². The number of carbonyl (C=O) groups excluding carboxylic acids is 7. The van der Waals surface area contributed by atoms with E-state index in [0.29, 0.717) is 41.4 Å². The first-order chi connectivity index (χ1) is 59.8. The minimum absolute atomic E-state index is 0.0180. The van der Waals surface area contributed by atoms with Crippen molar-refractivity contribution in [2.75, 3.05) is 0 Å². The Morgan fingerprint density at radius 2 is 0.605 bits per heavy atom. The topological polar surface area (TPSA) is 184 Å². The van der Waals surface area contributed by atoms with E-state index in [0.717, 1.165) is 193 Å². The fourth-order valence-electron chi connectivity index (χ4n) is 27.6. The van der Waals surface area contributed by atoms with Crippen LogP contribution in [0, 0.1) is 156 Å². The molecule has 0 spiro atoms. The molecule has 0 saturated heterocycles. The number of fused-ring (bicyclic) bond motifs is 18. The molecule has 0 amide bonds. The van der Waals surface area contributed by atoms with Crippen molar-refractivity contribution >= 4 is 41.8 Å². The van der Waals surface area contributed by atoms with Crippen LogP contribution in [0.3, 0.4) is 0 Å². The van der Waals surface area contributed by atoms with Gasteiger partial charge in [0.2, 0.25) is 0 Å². The second kappa shape index (κ2) is 41.9. The average Bonchev–Trinajstić information content (AvgIpc) is 1.54. The Bertz CT molecular complexity index is 3670. The second-order valence-electron chi connectivity index (χ2n) is 52.4. The quantitative estimate of drug-likeness (QED) is 0.0453. The van der Waals surface area contributed by atoms with E-state index in [4.69, 9.17) is 33.2 Å². The van der Waals surface area contributed by atoms with Gasteiger partial charge in [0.05, 0.1) is 37.9 Å². The summed E-state index contributed by atoms with van der Waals surface area (Å²) in [4.78, 5) is 86.7. The summed E-state index contributed by atoms with van der Waals surface area (Å²) < 4.78 is 42.5. The Labute approximate surface area is 790 Å². The SMILES string of the molecule is CCC(C)(C)C(=O)OC1(C(C)(C)C)CCCC1.CCC(C)(C)C(=O)OC1(C(C)C)CC2CC1C1C3CCC(C3)C21.CCC(C)(C)C(=O)OC1(C(C)C)CCCC1.CCC(C)(C)C(=O)OC1(C(C)C)CCCCC1.CCC(C)(C)C(=O)OC1(C)C2CC3CC(C2)CC1C3.CCC(C)(C)C(=O)OC1(CC)CC2CC1C1C3CCC(C3)C21.CCC1(OC(=O)C(C)(C)CC)CCCC1. The van der Waals surface area contributed by atoms with E-state index in [1.165, 1.54) is 141 Å². The van der Waals surface area contributed by atoms with E-state index in [1.54, 1.807) is 0 Å². The number of esters is 7. The molecule has 129 heavy (non-hydrogen) atoms. The molecule has 0 aliphatic heterocycles. The summed E-state index contributed by atoms with van der Waals surface area (Å²) >= 11 is 0. The van der Waals surface area contributed by atoms with Gasteiger partial charge in [-0.2, -0.15) is 0 Å². The van der Waals surface area contributed by atoms with Gasteiger partial charge in [-0.05, 0) is 461 Å². The third-order valence-corrected chi connectivity index (χ3v) is 40.4. The normalized spacial score (nSPS) is 33.5. The van der Waals surface area contributed by atoms with Crippen LogP contribution in [0.1, 0.15) is 492 Å². The Balaban J connectivity index is 0.000000171. The molecular weight excluding hydrogens is 1610 g/mol. The summed E-state index contributed by atoms with van der Waals surface area (Å²) in [6.45, 7) is 68.8. The van der Waals surface area contributed by atoms with Gasteiger partial charge in [-0.15, -0.1) is 0 Å². The Hall–Kier alpha value is -3.71. The lowest BCUT2D eigenvalue weighted by Gasteiger charge is -2.59. The van der Waals surface area contributed by atoms with E-state index >= 15 is 0 Å². The molecule has 14 atom stereocenters. The highest BCUT2D eigenvalue weighted by atomic mass is 16.6. The molecule has 0 aromatic heterocycles. The largest absolute Gasteiger partial charge is 0.459 e. The van der Waals surface area contributed by atoms with Gasteiger partial charge >= 0.3 is 41.8 Å². The summed E-state index contributed by atoms with van der Waals surface area (Å²) in [6.07, 6.45) is 47.4. The third kappa shape index (κ3) is 23.0. The van der Waals surface area contributed by atoms with Crippen molar-refractivity contribution in [3.05, 3.63) is 0 Å². The first-order valence-electron chi connectivity index (χ1n) is 54.5. The van der Waals surface area contributed by atoms with E-state index in [1.807, 2.05) is 125 Å². The molecule has 12 bridgehead atoms. The van der Waals surface area contributed by atoms with Crippen molar-refractivity contribution in [3.63, 3.8) is 0 Å². The van der Waals surface area contributed by atoms with Gasteiger partial charge in [0.1, 0.15) is 39.2 Å². The molecule has 0 radical (unpaired) electrons. The lowest BCUT2D eigenvalue weighted by Crippen LogP contribution is -2.58. The molecule has 0 heterocycles. The van der Waals surface area contributed by atoms with E-state index in [2.05, 4.69) is 104 Å². The van der Waals surface area contributed by atoms with Crippen molar-refractivity contribution in [2.24, 2.45) is 156 Å². The van der Waals surface area contributed by atoms with Crippen molar-refractivity contribution < 1.29 is 66.7 Å². The molecule has 0 aromatic carbocycles. The Morgan fingerprint density at radius 1 is 0.295 bits per heavy atom. The van der Waals surface area contributed by atoms with Crippen LogP contribution in [0.4, 0.5) is 0 Å². The summed E-state index contributed by atoms with van der Waals surface area (Å²) in [5.41, 5.74) is -3.58. The van der Waals surface area contributed by atoms with Crippen molar-refractivity contribution in [3.8, 4) is 0 Å². The highest BCUT2D eigenvalue weighted by molar-refractivity contribution is 5.79. The van der Waals surface area contributed by atoms with Crippen LogP contribution in [-0.4, -0.2) is 81.0 Å². The zero-order valence-corrected chi connectivity index (χ0v) is 89.7. The molecule has 0 aromatic rings. The average molecular weight is 1810 g/mol. The van der Waals surface area contributed by atoms with Gasteiger partial charge in [0.25, 0.3) is 0 Å². The maximum Gasteiger partial charge on any atom is 0.312 e. The fourth-order valence-corrected chi connectivity index (χ4v) is 27.6. The molecule has 14 heteroatoms. The minimum atomic E-state index is -0.360. The Kier molecular flexibility index (Phi) is 35.4. The van der Waals surface area contributed by atoms with Gasteiger partial charge in [-0.1, -0.05) is 131 Å². The van der Waals surface area contributed by atoms with E-state index < -0.39 is 0 Å². The predicted octanol–water partition coefficient (Wildman–Crippen LogP) is 30.3. The van der Waals surface area contributed by atoms with Gasteiger partial charge in [0.15, 0.2) is 0 Å². The molecule has 0 N–H and O–H groups in total. The van der Waals surface area contributed by atoms with Crippen LogP contribution >= 0.6 is 0 Å². The molecule has 16 saturated carbocycles. The second-order valence-corrected chi connectivity index (χ2v) is 52.4. The molecule has 14 nitrogen and oxygen atoms in total. The Morgan fingerprint density at radius 3 is 0.961 bits per heavy atom. The predicted molar refractivity (Wildman–Crippen MR) is 524 cm³/mol. The molecule has 16 fully saturated rings. The van der Waals surface area contributed by atoms with Gasteiger partial charge in [-0.25, -0.2) is 0 Å². The highest BCUT2D eigenvalue weighted by Gasteiger charge is 2.71. The van der Waals surface area contributed by atoms with Crippen LogP contribution < -0.4 is 0 Å². The third-order valence-electron chi connectivity index (χ3n) is 40.4. The smallest absolute Gasteiger partial charge is 0.312 e. The first-order valence-corrected chi connectivity index (χ1v) is 54.5. The maximum absolute atomic E-state index is 12.9. The van der Waals surface area contributed by atoms with Crippen molar-refractivity contribution in [2.45, 2.75) is 531 Å². The lowest BCUT2D eigenvalue weighted by atomic mass is 9.50. The van der Waals surface area contributed by atoms with Crippen molar-refractivity contribution in [1.82, 2.24) is 0 Å². The van der Waals surface area contributed by atoms with Crippen LogP contribution in [0.25, 0.3) is 0 Å². The summed E-state index contributed by atoms with van der Waals surface area (Å²) in [6, 6.07) is 0. The van der Waals surface area contributed by atoms with Gasteiger partial charge < -0.3 is 33.2 Å². The van der Waals surface area contributed by atoms with Crippen LogP contribution in [0.5, 0.6) is 0 Å². The lowest BCUT2D eigenvalue weighted by molar-refractivity contribution is -0.211. The number of carbonyl (C=O) groups is 7. The molecule has 744 valence electrons. The number of rotatable bonds is 26. The van der Waals surface area contributed by atoms with Crippen LogP contribution in [0.15, 0.2) is 0 Å². The summed E-state index contributed by atoms with van der Waals surface area (Å²) in [5, 5.41) is 0. The molecule has 16 aliphatic carbocycles. The maximum atomic E-state index is 12.9. The monoisotopic (exact) mass is 1810 g/mol. The van der Waals surface area contributed by atoms with Gasteiger partial charge in [0, 0.05) is 17.3 Å². The number of ether oxygens (including phenoxy) is 7. The van der Waals surface area contributed by atoms with Crippen LogP contribution in [0.2, 0.25) is 0 Å². The standard InChI is InChI=1S/C21H34O2.C20H32O2.C17H28O2.2C15H28O2.C14H26O2.C13H24O2/c1-6-20(4,5)19(22)23-21(12(2)3)11-15-10-16(21)18-14-8-7-13(9-14)17(15)18;1-5-19(3,4)18(21)22-20(6-2)11-14-10-15(20)17-13-8-7-12(9-13)16(14)17;1-5-16(2,3)15(18)19-17(4)13-7-11-6-12(9-13)10-14(17)8-11;1-7-14(5,6)12(16)17-15(13(2,3)4)10-8-9-11-15;1-6-14(4,5)13(16)17-15(12(2)3)10-8-7-9-11-15;1-6-13(4,5)12(15)16-14(11(2)3)9-7-8-10-14;1-5-12(3,4)11(14)15-13(6-2)9-7-8-10-13/h12-18H,6-11H2,1-5H3;12-17H,5-11H2,1-4H3;11-14H,5-10H2,1-4H3;7-11H2,1-6H3;12H,6-11H2,1-5H3;11H,6-10H2,1-5H3;5-10H2,1-4H3. The first kappa shape index (κ1) is 109. The minimum Gasteiger partial charge on any atom is -0.459 e. The summed E-state index contributed by atoms with van der Waals surface area (Å²) in [5.74, 6) is 15.0. The fraction of sp³-hybridized carbons (Fsp3) is 0.939. The molecule has 16 aliphatic rings. The van der Waals surface area contributed by atoms with Crippen LogP contribution in [-0.2, 0) is 66.7 Å². The zero-order chi connectivity index (χ0) is 96.5. The summed E-state index contributed by atoms with van der Waals surface area (Å²) in [7, 11) is 0. The number of hydrogen-bond donors (Lipinski definition) is 0. The van der Waals surface area contributed by atoms with Crippen molar-refractivity contribution in [1.29, 1.82) is 0 Å².